The van der Waals surface area contributed by atoms with Gasteiger partial charge in [0.25, 0.3) is 10.0 Å². The van der Waals surface area contributed by atoms with Crippen LogP contribution >= 0.6 is 7.60 Å². The highest BCUT2D eigenvalue weighted by Gasteiger charge is 2.42. The van der Waals surface area contributed by atoms with Crippen molar-refractivity contribution in [3.8, 4) is 0 Å². The lowest BCUT2D eigenvalue weighted by molar-refractivity contribution is 0.237. The van der Waals surface area contributed by atoms with Crippen LogP contribution in [0.1, 0.15) is 19.4 Å². The van der Waals surface area contributed by atoms with Gasteiger partial charge in [0.05, 0.1) is 4.90 Å². The summed E-state index contributed by atoms with van der Waals surface area (Å²) in [5, 5.41) is -1.24. The lowest BCUT2D eigenvalue weighted by atomic mass is 10.2. The average molecular weight is 336 g/mol. The third-order valence-electron chi connectivity index (χ3n) is 2.99. The second kappa shape index (κ2) is 6.56. The number of sulfonamides is 1. The summed E-state index contributed by atoms with van der Waals surface area (Å²) < 4.78 is 46.4. The third-order valence-corrected chi connectivity index (χ3v) is 6.69. The summed E-state index contributed by atoms with van der Waals surface area (Å²) in [5.41, 5.74) is 3.45. The van der Waals surface area contributed by atoms with Gasteiger partial charge in [-0.05, 0) is 32.9 Å². The van der Waals surface area contributed by atoms with E-state index in [0.717, 1.165) is 5.56 Å². The molecule has 0 heterocycles. The fourth-order valence-corrected chi connectivity index (χ4v) is 3.90. The first-order valence-electron chi connectivity index (χ1n) is 6.15. The van der Waals surface area contributed by atoms with Gasteiger partial charge in [-0.3, -0.25) is 4.57 Å². The normalized spacial score (nSPS) is 13.4. The zero-order chi connectivity index (χ0) is 16.3. The van der Waals surface area contributed by atoms with Crippen LogP contribution in [0.5, 0.6) is 0 Å². The van der Waals surface area contributed by atoms with Crippen LogP contribution in [0.15, 0.2) is 29.2 Å². The molecule has 1 aromatic carbocycles. The van der Waals surface area contributed by atoms with Crippen molar-refractivity contribution in [1.82, 2.24) is 10.3 Å². The summed E-state index contributed by atoms with van der Waals surface area (Å²) >= 11 is 0. The van der Waals surface area contributed by atoms with Crippen LogP contribution in [0.4, 0.5) is 0 Å². The lowest BCUT2D eigenvalue weighted by Gasteiger charge is -2.31. The molecule has 7 nitrogen and oxygen atoms in total. The monoisotopic (exact) mass is 336 g/mol. The Labute approximate surface area is 125 Å². The maximum absolute atomic E-state index is 12.3. The summed E-state index contributed by atoms with van der Waals surface area (Å²) in [4.78, 5) is 2.30. The second-order valence-electron chi connectivity index (χ2n) is 4.97. The molecule has 1 rings (SSSR count). The summed E-state index contributed by atoms with van der Waals surface area (Å²) in [7, 11) is -4.81. The molecule has 0 spiro atoms. The highest BCUT2D eigenvalue weighted by molar-refractivity contribution is 7.89. The van der Waals surface area contributed by atoms with Crippen LogP contribution in [0.2, 0.25) is 0 Å². The van der Waals surface area contributed by atoms with Crippen molar-refractivity contribution in [3.05, 3.63) is 29.8 Å². The van der Waals surface area contributed by atoms with Crippen molar-refractivity contribution < 1.29 is 22.0 Å². The molecular formula is C12H21N2O5PS. The van der Waals surface area contributed by atoms with Gasteiger partial charge in [0, 0.05) is 14.2 Å². The maximum atomic E-state index is 12.3. The lowest BCUT2D eigenvalue weighted by Crippen LogP contribution is -2.50. The van der Waals surface area contributed by atoms with Gasteiger partial charge in [-0.1, -0.05) is 17.7 Å². The Balaban J connectivity index is 2.91. The van der Waals surface area contributed by atoms with E-state index in [-0.39, 0.29) is 4.90 Å². The number of aryl methyl sites for hydroxylation is 1. The fourth-order valence-electron chi connectivity index (χ4n) is 1.57. The van der Waals surface area contributed by atoms with E-state index in [9.17, 15) is 13.0 Å². The Hall–Kier alpha value is -0.760. The molecule has 2 N–H and O–H groups in total. The first kappa shape index (κ1) is 18.3. The van der Waals surface area contributed by atoms with E-state index in [1.54, 1.807) is 12.1 Å². The van der Waals surface area contributed by atoms with E-state index in [0.29, 0.717) is 0 Å². The number of rotatable bonds is 7. The first-order chi connectivity index (χ1) is 9.58. The molecule has 0 unspecified atom stereocenters. The van der Waals surface area contributed by atoms with E-state index >= 15 is 0 Å². The molecule has 0 fully saturated rings. The van der Waals surface area contributed by atoms with Crippen LogP contribution in [0.25, 0.3) is 0 Å². The Kier molecular flexibility index (Phi) is 5.71. The molecule has 1 aromatic rings. The van der Waals surface area contributed by atoms with E-state index in [1.807, 2.05) is 6.92 Å². The van der Waals surface area contributed by atoms with Crippen LogP contribution in [-0.2, 0) is 23.6 Å². The van der Waals surface area contributed by atoms with Crippen LogP contribution < -0.4 is 10.3 Å². The zero-order valence-electron chi connectivity index (χ0n) is 12.7. The topological polar surface area (TPSA) is 93.7 Å². The maximum Gasteiger partial charge on any atom is 0.350 e. The summed E-state index contributed by atoms with van der Waals surface area (Å²) in [6.07, 6.45) is 0. The zero-order valence-corrected chi connectivity index (χ0v) is 14.4. The molecule has 0 saturated carbocycles. The van der Waals surface area contributed by atoms with Crippen LogP contribution in [-0.4, -0.2) is 27.9 Å². The SMILES string of the molecule is COP(=O)(OC)C(C)(C)NNS(=O)(=O)c1ccc(C)cc1. The Morgan fingerprint density at radius 1 is 1.10 bits per heavy atom. The van der Waals surface area contributed by atoms with E-state index in [2.05, 4.69) is 10.3 Å². The second-order valence-corrected chi connectivity index (χ2v) is 9.49. The minimum absolute atomic E-state index is 0.0982. The van der Waals surface area contributed by atoms with Gasteiger partial charge in [0.1, 0.15) is 5.28 Å². The first-order valence-corrected chi connectivity index (χ1v) is 9.18. The van der Waals surface area contributed by atoms with Gasteiger partial charge in [-0.15, -0.1) is 4.83 Å². The molecule has 0 aliphatic rings. The molecule has 21 heavy (non-hydrogen) atoms. The largest absolute Gasteiger partial charge is 0.350 e. The fraction of sp³-hybridized carbons (Fsp3) is 0.500. The van der Waals surface area contributed by atoms with Crippen molar-refractivity contribution >= 4 is 17.6 Å². The molecule has 0 amide bonds. The van der Waals surface area contributed by atoms with Crippen molar-refractivity contribution in [2.24, 2.45) is 0 Å². The molecule has 0 atom stereocenters. The minimum atomic E-state index is -3.78. The Bertz CT molecular complexity index is 620. The number of hydrogen-bond acceptors (Lipinski definition) is 6. The highest BCUT2D eigenvalue weighted by Crippen LogP contribution is 2.56. The van der Waals surface area contributed by atoms with Crippen molar-refractivity contribution in [1.29, 1.82) is 0 Å². The third kappa shape index (κ3) is 4.12. The van der Waals surface area contributed by atoms with E-state index in [4.69, 9.17) is 9.05 Å². The smallest absolute Gasteiger partial charge is 0.311 e. The predicted molar refractivity (Wildman–Crippen MR) is 80.3 cm³/mol. The average Bonchev–Trinajstić information content (AvgIpc) is 2.45. The summed E-state index contributed by atoms with van der Waals surface area (Å²) in [5.74, 6) is 0. The number of benzene rings is 1. The van der Waals surface area contributed by atoms with Gasteiger partial charge < -0.3 is 9.05 Å². The number of hydrogen-bond donors (Lipinski definition) is 2. The molecule has 0 radical (unpaired) electrons. The standard InChI is InChI=1S/C12H21N2O5PS/c1-10-6-8-11(9-7-10)21(16,17)14-13-12(2,3)20(15,18-4)19-5/h6-9,13-14H,1-5H3. The van der Waals surface area contributed by atoms with Gasteiger partial charge in [0.2, 0.25) is 0 Å². The van der Waals surface area contributed by atoms with Crippen molar-refractivity contribution in [2.75, 3.05) is 14.2 Å². The van der Waals surface area contributed by atoms with Crippen LogP contribution in [0, 0.1) is 6.92 Å². The molecule has 0 saturated heterocycles. The molecule has 0 aliphatic heterocycles. The van der Waals surface area contributed by atoms with Gasteiger partial charge >= 0.3 is 7.60 Å². The Morgan fingerprint density at radius 3 is 2.00 bits per heavy atom. The Morgan fingerprint density at radius 2 is 1.57 bits per heavy atom. The van der Waals surface area contributed by atoms with Gasteiger partial charge in [-0.2, -0.15) is 0 Å². The molecule has 9 heteroatoms. The van der Waals surface area contributed by atoms with Gasteiger partial charge in [0.15, 0.2) is 0 Å². The van der Waals surface area contributed by atoms with E-state index in [1.165, 1.54) is 40.2 Å². The minimum Gasteiger partial charge on any atom is -0.311 e. The predicted octanol–water partition coefficient (Wildman–Crippen LogP) is 2.00. The number of hydrazine groups is 1. The summed E-state index contributed by atoms with van der Waals surface area (Å²) in [6.45, 7) is 4.88. The summed E-state index contributed by atoms with van der Waals surface area (Å²) in [6, 6.07) is 6.35. The molecule has 120 valence electrons. The molecular weight excluding hydrogens is 315 g/mol. The van der Waals surface area contributed by atoms with Crippen molar-refractivity contribution in [3.63, 3.8) is 0 Å². The van der Waals surface area contributed by atoms with E-state index < -0.39 is 22.9 Å². The van der Waals surface area contributed by atoms with Crippen molar-refractivity contribution in [2.45, 2.75) is 30.9 Å². The highest BCUT2D eigenvalue weighted by atomic mass is 32.2. The quantitative estimate of drug-likeness (QED) is 0.584. The molecule has 0 aromatic heterocycles. The number of nitrogens with one attached hydrogen (secondary N) is 2. The molecule has 0 bridgehead atoms. The molecule has 0 aliphatic carbocycles. The van der Waals surface area contributed by atoms with Crippen LogP contribution in [0.3, 0.4) is 0 Å². The van der Waals surface area contributed by atoms with Gasteiger partial charge in [-0.25, -0.2) is 13.8 Å².